The molecule has 0 saturated heterocycles. The number of benzene rings is 4. The number of nitrogens with one attached hydrogen (secondary N) is 3. The second-order valence-electron chi connectivity index (χ2n) is 7.25. The summed E-state index contributed by atoms with van der Waals surface area (Å²) in [5, 5.41) is 10.7. The van der Waals surface area contributed by atoms with Crippen LogP contribution in [0.2, 0.25) is 0 Å². The summed E-state index contributed by atoms with van der Waals surface area (Å²) in [6.07, 6.45) is 3.20. The third-order valence-electron chi connectivity index (χ3n) is 4.89. The fourth-order valence-corrected chi connectivity index (χ4v) is 3.56. The molecule has 0 aliphatic rings. The Bertz CT molecular complexity index is 1340. The van der Waals surface area contributed by atoms with Crippen molar-refractivity contribution in [3.05, 3.63) is 114 Å². The monoisotopic (exact) mass is 451 g/mol. The van der Waals surface area contributed by atoms with Crippen molar-refractivity contribution in [3.8, 4) is 0 Å². The predicted molar refractivity (Wildman–Crippen MR) is 138 cm³/mol. The van der Waals surface area contributed by atoms with Crippen molar-refractivity contribution >= 4 is 57.4 Å². The van der Waals surface area contributed by atoms with Crippen molar-refractivity contribution in [1.82, 2.24) is 5.32 Å². The van der Waals surface area contributed by atoms with E-state index in [0.717, 1.165) is 16.3 Å². The molecule has 4 aromatic carbocycles. The molecule has 0 atom stereocenters. The topological polar surface area (TPSA) is 70.2 Å². The van der Waals surface area contributed by atoms with E-state index in [9.17, 15) is 9.59 Å². The van der Waals surface area contributed by atoms with E-state index in [1.807, 2.05) is 72.8 Å². The van der Waals surface area contributed by atoms with Crippen LogP contribution in [0.3, 0.4) is 0 Å². The van der Waals surface area contributed by atoms with Crippen LogP contribution < -0.4 is 16.0 Å². The van der Waals surface area contributed by atoms with Crippen LogP contribution in [0.5, 0.6) is 0 Å². The highest BCUT2D eigenvalue weighted by Crippen LogP contribution is 2.19. The molecule has 0 saturated carbocycles. The average molecular weight is 452 g/mol. The molecule has 0 bridgehead atoms. The van der Waals surface area contributed by atoms with Crippen LogP contribution in [0.25, 0.3) is 16.8 Å². The van der Waals surface area contributed by atoms with Gasteiger partial charge in [0, 0.05) is 23.0 Å². The van der Waals surface area contributed by atoms with E-state index in [0.29, 0.717) is 16.9 Å². The SMILES string of the molecule is O=C(/C=C/c1cccc2ccccc12)NC(=S)Nc1cccc(C(=O)Nc2ccccc2)c1. The maximum Gasteiger partial charge on any atom is 0.255 e. The van der Waals surface area contributed by atoms with Gasteiger partial charge in [-0.05, 0) is 65.0 Å². The van der Waals surface area contributed by atoms with E-state index in [1.54, 1.807) is 30.3 Å². The highest BCUT2D eigenvalue weighted by atomic mass is 32.1. The minimum absolute atomic E-state index is 0.142. The Hall–Kier alpha value is -4.29. The van der Waals surface area contributed by atoms with Gasteiger partial charge in [-0.2, -0.15) is 0 Å². The van der Waals surface area contributed by atoms with Gasteiger partial charge in [-0.15, -0.1) is 0 Å². The van der Waals surface area contributed by atoms with Crippen molar-refractivity contribution in [3.63, 3.8) is 0 Å². The number of hydrogen-bond donors (Lipinski definition) is 3. The minimum Gasteiger partial charge on any atom is -0.332 e. The van der Waals surface area contributed by atoms with E-state index in [4.69, 9.17) is 12.2 Å². The Morgan fingerprint density at radius 2 is 1.42 bits per heavy atom. The average Bonchev–Trinajstić information content (AvgIpc) is 2.83. The molecule has 0 heterocycles. The first-order valence-corrected chi connectivity index (χ1v) is 10.7. The summed E-state index contributed by atoms with van der Waals surface area (Å²) in [5.41, 5.74) is 2.72. The van der Waals surface area contributed by atoms with Gasteiger partial charge in [0.05, 0.1) is 0 Å². The van der Waals surface area contributed by atoms with Gasteiger partial charge in [0.2, 0.25) is 5.91 Å². The highest BCUT2D eigenvalue weighted by molar-refractivity contribution is 7.80. The number of rotatable bonds is 5. The number of amides is 2. The van der Waals surface area contributed by atoms with E-state index in [2.05, 4.69) is 16.0 Å². The van der Waals surface area contributed by atoms with Gasteiger partial charge in [0.15, 0.2) is 5.11 Å². The van der Waals surface area contributed by atoms with Crippen LogP contribution in [-0.2, 0) is 4.79 Å². The first-order chi connectivity index (χ1) is 16.1. The number of carbonyl (C=O) groups is 2. The molecule has 5 nitrogen and oxygen atoms in total. The van der Waals surface area contributed by atoms with Crippen LogP contribution in [0.15, 0.2) is 103 Å². The van der Waals surface area contributed by atoms with Crippen LogP contribution in [0.1, 0.15) is 15.9 Å². The van der Waals surface area contributed by atoms with Gasteiger partial charge in [-0.3, -0.25) is 14.9 Å². The van der Waals surface area contributed by atoms with Crippen LogP contribution in [0, 0.1) is 0 Å². The molecular weight excluding hydrogens is 430 g/mol. The summed E-state index contributed by atoms with van der Waals surface area (Å²) >= 11 is 5.26. The number of anilines is 2. The van der Waals surface area contributed by atoms with Crippen LogP contribution >= 0.6 is 12.2 Å². The van der Waals surface area contributed by atoms with E-state index in [-0.39, 0.29) is 16.9 Å². The number of para-hydroxylation sites is 1. The standard InChI is InChI=1S/C27H21N3O2S/c31-25(17-16-20-10-6-9-19-8-4-5-15-24(19)20)30-27(33)29-23-14-7-11-21(18-23)26(32)28-22-12-2-1-3-13-22/h1-18H,(H,28,32)(H2,29,30,31,33)/b17-16+. The first kappa shape index (κ1) is 21.9. The van der Waals surface area contributed by atoms with E-state index >= 15 is 0 Å². The maximum atomic E-state index is 12.5. The zero-order valence-electron chi connectivity index (χ0n) is 17.6. The molecular formula is C27H21N3O2S. The van der Waals surface area contributed by atoms with Crippen molar-refractivity contribution in [1.29, 1.82) is 0 Å². The maximum absolute atomic E-state index is 12.5. The van der Waals surface area contributed by atoms with Crippen molar-refractivity contribution < 1.29 is 9.59 Å². The van der Waals surface area contributed by atoms with E-state index in [1.165, 1.54) is 6.08 Å². The Kier molecular flexibility index (Phi) is 6.87. The van der Waals surface area contributed by atoms with Gasteiger partial charge < -0.3 is 10.6 Å². The summed E-state index contributed by atoms with van der Waals surface area (Å²) < 4.78 is 0. The molecule has 33 heavy (non-hydrogen) atoms. The minimum atomic E-state index is -0.349. The van der Waals surface area contributed by atoms with Crippen LogP contribution in [-0.4, -0.2) is 16.9 Å². The molecule has 0 aliphatic heterocycles. The Balaban J connectivity index is 1.36. The zero-order chi connectivity index (χ0) is 23.0. The molecule has 0 spiro atoms. The van der Waals surface area contributed by atoms with Crippen molar-refractivity contribution in [2.45, 2.75) is 0 Å². The second-order valence-corrected chi connectivity index (χ2v) is 7.65. The lowest BCUT2D eigenvalue weighted by molar-refractivity contribution is -0.115. The molecule has 6 heteroatoms. The van der Waals surface area contributed by atoms with Gasteiger partial charge in [0.1, 0.15) is 0 Å². The zero-order valence-corrected chi connectivity index (χ0v) is 18.4. The largest absolute Gasteiger partial charge is 0.332 e. The fraction of sp³-hybridized carbons (Fsp3) is 0. The predicted octanol–water partition coefficient (Wildman–Crippen LogP) is 5.62. The fourth-order valence-electron chi connectivity index (χ4n) is 3.34. The molecule has 0 aromatic heterocycles. The number of hydrogen-bond acceptors (Lipinski definition) is 3. The van der Waals surface area contributed by atoms with Gasteiger partial charge in [-0.1, -0.05) is 66.7 Å². The van der Waals surface area contributed by atoms with Gasteiger partial charge in [-0.25, -0.2) is 0 Å². The van der Waals surface area contributed by atoms with Gasteiger partial charge >= 0.3 is 0 Å². The Morgan fingerprint density at radius 1 is 0.727 bits per heavy atom. The first-order valence-electron chi connectivity index (χ1n) is 10.3. The second kappa shape index (κ2) is 10.3. The molecule has 0 aliphatic carbocycles. The smallest absolute Gasteiger partial charge is 0.255 e. The quantitative estimate of drug-likeness (QED) is 0.272. The summed E-state index contributed by atoms with van der Waals surface area (Å²) in [6.45, 7) is 0. The third-order valence-corrected chi connectivity index (χ3v) is 5.09. The molecule has 3 N–H and O–H groups in total. The summed E-state index contributed by atoms with van der Waals surface area (Å²) in [5.74, 6) is -0.587. The van der Waals surface area contributed by atoms with Gasteiger partial charge in [0.25, 0.3) is 5.91 Å². The summed E-state index contributed by atoms with van der Waals surface area (Å²) in [4.78, 5) is 24.8. The molecule has 0 unspecified atom stereocenters. The molecule has 162 valence electrons. The third kappa shape index (κ3) is 5.90. The molecule has 0 radical (unpaired) electrons. The lowest BCUT2D eigenvalue weighted by atomic mass is 10.0. The van der Waals surface area contributed by atoms with Crippen molar-refractivity contribution in [2.24, 2.45) is 0 Å². The lowest BCUT2D eigenvalue weighted by Gasteiger charge is -2.10. The number of fused-ring (bicyclic) bond motifs is 1. The lowest BCUT2D eigenvalue weighted by Crippen LogP contribution is -2.32. The Labute approximate surface area is 197 Å². The summed E-state index contributed by atoms with van der Waals surface area (Å²) in [7, 11) is 0. The van der Waals surface area contributed by atoms with E-state index < -0.39 is 0 Å². The molecule has 4 rings (SSSR count). The van der Waals surface area contributed by atoms with Crippen LogP contribution in [0.4, 0.5) is 11.4 Å². The number of carbonyl (C=O) groups excluding carboxylic acids is 2. The molecule has 0 fully saturated rings. The van der Waals surface area contributed by atoms with Crippen molar-refractivity contribution in [2.75, 3.05) is 10.6 Å². The highest BCUT2D eigenvalue weighted by Gasteiger charge is 2.08. The molecule has 4 aromatic rings. The Morgan fingerprint density at radius 3 is 2.27 bits per heavy atom. The summed E-state index contributed by atoms with van der Waals surface area (Å²) in [6, 6.07) is 30.0. The number of thiocarbonyl (C=S) groups is 1. The normalized spacial score (nSPS) is 10.7. The molecule has 2 amide bonds.